The molecule has 9 nitrogen and oxygen atoms in total. The zero-order chi connectivity index (χ0) is 29.7. The van der Waals surface area contributed by atoms with E-state index >= 15 is 0 Å². The number of aromatic nitrogens is 3. The van der Waals surface area contributed by atoms with Crippen molar-refractivity contribution in [2.24, 2.45) is 0 Å². The number of alkyl halides is 6. The fourth-order valence-corrected chi connectivity index (χ4v) is 5.09. The van der Waals surface area contributed by atoms with Gasteiger partial charge in [-0.1, -0.05) is 24.3 Å². The van der Waals surface area contributed by atoms with Crippen LogP contribution in [0.25, 0.3) is 34.2 Å². The molecule has 210 valence electrons. The summed E-state index contributed by atoms with van der Waals surface area (Å²) in [7, 11) is -12.7. The summed E-state index contributed by atoms with van der Waals surface area (Å²) in [6.07, 6.45) is 0. The van der Waals surface area contributed by atoms with Crippen LogP contribution in [0.4, 0.5) is 26.3 Å². The normalized spacial score (nSPS) is 12.8. The molecule has 1 heterocycles. The molecule has 17 heteroatoms. The van der Waals surface area contributed by atoms with E-state index in [0.29, 0.717) is 0 Å². The molecular formula is C23H13F6N3O6S2. The molecule has 0 aliphatic carbocycles. The van der Waals surface area contributed by atoms with Crippen molar-refractivity contribution >= 4 is 19.7 Å². The molecule has 4 rings (SSSR count). The Kier molecular flexibility index (Phi) is 7.00. The maximum absolute atomic E-state index is 13.3. The topological polar surface area (TPSA) is 147 Å². The first-order valence-corrected chi connectivity index (χ1v) is 13.5. The first kappa shape index (κ1) is 28.8. The maximum Gasteiger partial charge on any atom is 0.501 e. The maximum atomic E-state index is 13.3. The molecule has 0 saturated carbocycles. The van der Waals surface area contributed by atoms with Crippen molar-refractivity contribution < 1.29 is 53.4 Å². The van der Waals surface area contributed by atoms with Gasteiger partial charge < -0.3 is 10.2 Å². The third-order valence-electron chi connectivity index (χ3n) is 5.29. The molecule has 40 heavy (non-hydrogen) atoms. The molecule has 0 spiro atoms. The van der Waals surface area contributed by atoms with Crippen molar-refractivity contribution in [3.8, 4) is 45.7 Å². The number of phenols is 2. The van der Waals surface area contributed by atoms with E-state index in [9.17, 15) is 53.4 Å². The van der Waals surface area contributed by atoms with E-state index in [1.807, 2.05) is 0 Å². The number of hydrogen-bond donors (Lipinski definition) is 2. The SMILES string of the molecule is O=S(=O)(c1cc(-c2nc(-c3ccccc3O)nc(-c3ccccc3O)n2)cc(S(=O)(=O)C(F)(F)F)c1)C(F)(F)F. The van der Waals surface area contributed by atoms with Gasteiger partial charge >= 0.3 is 11.0 Å². The van der Waals surface area contributed by atoms with Crippen molar-refractivity contribution in [2.75, 3.05) is 0 Å². The van der Waals surface area contributed by atoms with E-state index < -0.39 is 75.0 Å². The van der Waals surface area contributed by atoms with Crippen LogP contribution in [-0.4, -0.2) is 53.0 Å². The molecule has 0 amide bonds. The van der Waals surface area contributed by atoms with Gasteiger partial charge in [0.05, 0.1) is 20.9 Å². The highest BCUT2D eigenvalue weighted by atomic mass is 32.2. The number of hydrogen-bond acceptors (Lipinski definition) is 9. The van der Waals surface area contributed by atoms with E-state index in [-0.39, 0.29) is 29.3 Å². The number of rotatable bonds is 5. The highest BCUT2D eigenvalue weighted by Crippen LogP contribution is 2.38. The lowest BCUT2D eigenvalue weighted by molar-refractivity contribution is -0.0438. The second-order valence-electron chi connectivity index (χ2n) is 7.93. The van der Waals surface area contributed by atoms with Crippen LogP contribution in [0.15, 0.2) is 76.5 Å². The molecule has 0 aliphatic heterocycles. The van der Waals surface area contributed by atoms with Crippen LogP contribution in [0, 0.1) is 0 Å². The van der Waals surface area contributed by atoms with Crippen LogP contribution >= 0.6 is 0 Å². The van der Waals surface area contributed by atoms with Gasteiger partial charge in [-0.3, -0.25) is 0 Å². The first-order chi connectivity index (χ1) is 18.4. The van der Waals surface area contributed by atoms with E-state index in [2.05, 4.69) is 15.0 Å². The van der Waals surface area contributed by atoms with Crippen LogP contribution < -0.4 is 0 Å². The largest absolute Gasteiger partial charge is 0.507 e. The molecule has 0 unspecified atom stereocenters. The molecule has 3 aromatic carbocycles. The molecular weight excluding hydrogens is 592 g/mol. The second-order valence-corrected chi connectivity index (χ2v) is 11.8. The molecule has 0 bridgehead atoms. The van der Waals surface area contributed by atoms with Crippen LogP contribution in [0.1, 0.15) is 0 Å². The summed E-state index contributed by atoms with van der Waals surface area (Å²) in [5, 5.41) is 20.5. The lowest BCUT2D eigenvalue weighted by Crippen LogP contribution is -2.26. The summed E-state index contributed by atoms with van der Waals surface area (Å²) in [6.45, 7) is 0. The number of aromatic hydroxyl groups is 2. The minimum absolute atomic E-state index is 0.0926. The molecule has 2 N–H and O–H groups in total. The van der Waals surface area contributed by atoms with Crippen molar-refractivity contribution in [2.45, 2.75) is 20.8 Å². The quantitative estimate of drug-likeness (QED) is 0.304. The summed E-state index contributed by atoms with van der Waals surface area (Å²) in [4.78, 5) is 8.34. The second kappa shape index (κ2) is 9.74. The van der Waals surface area contributed by atoms with Crippen LogP contribution in [-0.2, 0) is 19.7 Å². The average molecular weight is 605 g/mol. The van der Waals surface area contributed by atoms with E-state index in [0.717, 1.165) is 0 Å². The third-order valence-corrected chi connectivity index (χ3v) is 8.23. The Morgan fingerprint density at radius 3 is 1.25 bits per heavy atom. The van der Waals surface area contributed by atoms with Crippen LogP contribution in [0.5, 0.6) is 11.5 Å². The Bertz CT molecular complexity index is 1720. The molecule has 4 aromatic rings. The minimum Gasteiger partial charge on any atom is -0.507 e. The molecule has 0 radical (unpaired) electrons. The van der Waals surface area contributed by atoms with Crippen LogP contribution in [0.3, 0.4) is 0 Å². The lowest BCUT2D eigenvalue weighted by atomic mass is 10.1. The Balaban J connectivity index is 2.11. The highest BCUT2D eigenvalue weighted by molar-refractivity contribution is 7.93. The van der Waals surface area contributed by atoms with Gasteiger partial charge in [0.25, 0.3) is 19.7 Å². The summed E-state index contributed by atoms with van der Waals surface area (Å²) < 4.78 is 128. The summed E-state index contributed by atoms with van der Waals surface area (Å²) in [5.41, 5.74) is -13.1. The number of phenolic OH excluding ortho intramolecular Hbond substituents is 2. The Labute approximate surface area is 221 Å². The summed E-state index contributed by atoms with van der Waals surface area (Å²) in [5.74, 6) is -2.38. The molecule has 0 saturated heterocycles. The van der Waals surface area contributed by atoms with Gasteiger partial charge in [-0.05, 0) is 42.5 Å². The number of halogens is 6. The highest BCUT2D eigenvalue weighted by Gasteiger charge is 2.50. The number of nitrogens with zero attached hydrogens (tertiary/aromatic N) is 3. The van der Waals surface area contributed by atoms with Crippen molar-refractivity contribution in [3.05, 3.63) is 66.7 Å². The zero-order valence-corrected chi connectivity index (χ0v) is 20.9. The van der Waals surface area contributed by atoms with E-state index in [1.165, 1.54) is 48.5 Å². The van der Waals surface area contributed by atoms with Gasteiger partial charge in [0.15, 0.2) is 17.5 Å². The zero-order valence-electron chi connectivity index (χ0n) is 19.3. The van der Waals surface area contributed by atoms with Gasteiger partial charge in [-0.2, -0.15) is 26.3 Å². The standard InChI is InChI=1S/C23H13F6N3O6S2/c24-22(25,26)39(35,36)13-9-12(10-14(11-13)40(37,38)23(27,28)29)19-30-20(15-5-1-3-7-17(15)33)32-21(31-19)16-6-2-4-8-18(16)34/h1-11,33-34H. The van der Waals surface area contributed by atoms with Gasteiger partial charge in [0.2, 0.25) is 0 Å². The predicted octanol–water partition coefficient (Wildman–Crippen LogP) is 4.87. The number of benzene rings is 3. The van der Waals surface area contributed by atoms with Crippen molar-refractivity contribution in [1.29, 1.82) is 0 Å². The van der Waals surface area contributed by atoms with Gasteiger partial charge in [0.1, 0.15) is 11.5 Å². The lowest BCUT2D eigenvalue weighted by Gasteiger charge is -2.14. The fourth-order valence-electron chi connectivity index (χ4n) is 3.35. The summed E-state index contributed by atoms with van der Waals surface area (Å²) in [6, 6.07) is 10.9. The smallest absolute Gasteiger partial charge is 0.501 e. The Morgan fingerprint density at radius 2 is 0.900 bits per heavy atom. The molecule has 0 fully saturated rings. The third kappa shape index (κ3) is 5.16. The fraction of sp³-hybridized carbons (Fsp3) is 0.0870. The summed E-state index contributed by atoms with van der Waals surface area (Å²) >= 11 is 0. The number of sulfone groups is 2. The Morgan fingerprint density at radius 1 is 0.550 bits per heavy atom. The molecule has 0 atom stereocenters. The predicted molar refractivity (Wildman–Crippen MR) is 126 cm³/mol. The monoisotopic (exact) mass is 605 g/mol. The van der Waals surface area contributed by atoms with E-state index in [1.54, 1.807) is 0 Å². The minimum atomic E-state index is -6.36. The Hall–Kier alpha value is -4.25. The average Bonchev–Trinajstić information content (AvgIpc) is 2.87. The van der Waals surface area contributed by atoms with Gasteiger partial charge in [-0.15, -0.1) is 0 Å². The molecule has 1 aromatic heterocycles. The van der Waals surface area contributed by atoms with E-state index in [4.69, 9.17) is 0 Å². The number of para-hydroxylation sites is 2. The van der Waals surface area contributed by atoms with Crippen LogP contribution in [0.2, 0.25) is 0 Å². The van der Waals surface area contributed by atoms with Gasteiger partial charge in [0, 0.05) is 5.56 Å². The molecule has 0 aliphatic rings. The van der Waals surface area contributed by atoms with Crippen molar-refractivity contribution in [3.63, 3.8) is 0 Å². The van der Waals surface area contributed by atoms with Gasteiger partial charge in [-0.25, -0.2) is 31.8 Å². The first-order valence-electron chi connectivity index (χ1n) is 10.5. The van der Waals surface area contributed by atoms with Crippen molar-refractivity contribution in [1.82, 2.24) is 15.0 Å².